The van der Waals surface area contributed by atoms with Crippen LogP contribution < -0.4 is 4.72 Å². The van der Waals surface area contributed by atoms with Crippen LogP contribution in [0.3, 0.4) is 0 Å². The fraction of sp³-hybridized carbons (Fsp3) is 0.556. The second-order valence-corrected chi connectivity index (χ2v) is 5.50. The summed E-state index contributed by atoms with van der Waals surface area (Å²) in [4.78, 5) is 0. The lowest BCUT2D eigenvalue weighted by atomic mass is 10.1. The molecule has 1 heterocycles. The van der Waals surface area contributed by atoms with Crippen LogP contribution >= 0.6 is 0 Å². The van der Waals surface area contributed by atoms with E-state index in [1.54, 1.807) is 0 Å². The molecule has 0 radical (unpaired) electrons. The first-order valence-corrected chi connectivity index (χ1v) is 6.53. The molecule has 1 aromatic heterocycles. The van der Waals surface area contributed by atoms with Gasteiger partial charge in [-0.1, -0.05) is 6.42 Å². The molecule has 1 aliphatic carbocycles. The number of nitriles is 1. The van der Waals surface area contributed by atoms with Gasteiger partial charge in [-0.2, -0.15) is 10.4 Å². The number of rotatable bonds is 3. The predicted octanol–water partition coefficient (Wildman–Crippen LogP) is 0.380. The van der Waals surface area contributed by atoms with Gasteiger partial charge in [0.25, 0.3) is 10.0 Å². The highest BCUT2D eigenvalue weighted by atomic mass is 32.2. The van der Waals surface area contributed by atoms with Gasteiger partial charge in [-0.25, -0.2) is 13.1 Å². The van der Waals surface area contributed by atoms with Crippen molar-refractivity contribution >= 4 is 10.0 Å². The number of hydrogen-bond donors (Lipinski definition) is 2. The van der Waals surface area contributed by atoms with Gasteiger partial charge in [0.2, 0.25) is 0 Å². The zero-order valence-corrected chi connectivity index (χ0v) is 9.37. The molecule has 0 aromatic carbocycles. The second-order valence-electron chi connectivity index (χ2n) is 3.82. The molecule has 1 aromatic rings. The van der Waals surface area contributed by atoms with E-state index in [1.807, 2.05) is 0 Å². The molecule has 6 nitrogen and oxygen atoms in total. The van der Waals surface area contributed by atoms with Gasteiger partial charge in [0, 0.05) is 6.04 Å². The molecule has 1 saturated carbocycles. The minimum Gasteiger partial charge on any atom is -0.266 e. The summed E-state index contributed by atoms with van der Waals surface area (Å²) in [7, 11) is -3.56. The van der Waals surface area contributed by atoms with E-state index in [9.17, 15) is 8.42 Å². The van der Waals surface area contributed by atoms with Crippen molar-refractivity contribution in [1.29, 1.82) is 5.26 Å². The lowest BCUT2D eigenvalue weighted by Crippen LogP contribution is -2.37. The van der Waals surface area contributed by atoms with Gasteiger partial charge in [-0.05, 0) is 18.9 Å². The maximum Gasteiger partial charge on any atom is 0.257 e. The predicted molar refractivity (Wildman–Crippen MR) is 55.7 cm³/mol. The van der Waals surface area contributed by atoms with Crippen LogP contribution in [-0.2, 0) is 10.0 Å². The van der Waals surface area contributed by atoms with Crippen LogP contribution in [0.5, 0.6) is 0 Å². The van der Waals surface area contributed by atoms with Crippen molar-refractivity contribution in [2.75, 3.05) is 0 Å². The highest BCUT2D eigenvalue weighted by Gasteiger charge is 2.31. The van der Waals surface area contributed by atoms with Gasteiger partial charge in [0.05, 0.1) is 18.2 Å². The minimum absolute atomic E-state index is 0.0380. The Morgan fingerprint density at radius 1 is 1.56 bits per heavy atom. The lowest BCUT2D eigenvalue weighted by Gasteiger charge is -2.14. The lowest BCUT2D eigenvalue weighted by molar-refractivity contribution is 0.513. The Bertz CT molecular complexity index is 488. The Kier molecular flexibility index (Phi) is 2.94. The molecule has 2 N–H and O–H groups in total. The summed E-state index contributed by atoms with van der Waals surface area (Å²) in [6.45, 7) is 0. The molecular formula is C9H12N4O2S. The van der Waals surface area contributed by atoms with Crippen molar-refractivity contribution in [1.82, 2.24) is 14.9 Å². The summed E-state index contributed by atoms with van der Waals surface area (Å²) in [5.41, 5.74) is 0. The van der Waals surface area contributed by atoms with E-state index in [0.29, 0.717) is 6.42 Å². The van der Waals surface area contributed by atoms with Crippen LogP contribution in [0, 0.1) is 17.2 Å². The summed E-state index contributed by atoms with van der Waals surface area (Å²) < 4.78 is 26.2. The summed E-state index contributed by atoms with van der Waals surface area (Å²) >= 11 is 0. The molecular weight excluding hydrogens is 228 g/mol. The van der Waals surface area contributed by atoms with E-state index < -0.39 is 10.0 Å². The average molecular weight is 240 g/mol. The molecule has 7 heteroatoms. The van der Waals surface area contributed by atoms with E-state index in [-0.39, 0.29) is 17.0 Å². The van der Waals surface area contributed by atoms with Crippen LogP contribution in [0.2, 0.25) is 0 Å². The topological polar surface area (TPSA) is 98.6 Å². The summed E-state index contributed by atoms with van der Waals surface area (Å²) in [6, 6.07) is 3.24. The van der Waals surface area contributed by atoms with Gasteiger partial charge in [-0.3, -0.25) is 5.10 Å². The van der Waals surface area contributed by atoms with Crippen LogP contribution in [-0.4, -0.2) is 24.7 Å². The SMILES string of the molecule is N#CC1CCCC1NS(=O)(=O)c1ccn[nH]1. The summed E-state index contributed by atoms with van der Waals surface area (Å²) in [5, 5.41) is 14.9. The molecule has 0 spiro atoms. The van der Waals surface area contributed by atoms with Gasteiger partial charge in [0.15, 0.2) is 5.03 Å². The zero-order valence-electron chi connectivity index (χ0n) is 8.55. The molecule has 1 aliphatic rings. The summed E-state index contributed by atoms with van der Waals surface area (Å²) in [6.07, 6.45) is 3.73. The molecule has 0 amide bonds. The maximum atomic E-state index is 11.8. The number of hydrogen-bond acceptors (Lipinski definition) is 4. The molecule has 2 atom stereocenters. The second kappa shape index (κ2) is 4.23. The van der Waals surface area contributed by atoms with Gasteiger partial charge in [0.1, 0.15) is 0 Å². The molecule has 2 rings (SSSR count). The van der Waals surface area contributed by atoms with Gasteiger partial charge < -0.3 is 0 Å². The third-order valence-electron chi connectivity index (χ3n) is 2.75. The third-order valence-corrected chi connectivity index (χ3v) is 4.17. The Balaban J connectivity index is 2.13. The Morgan fingerprint density at radius 2 is 2.38 bits per heavy atom. The number of sulfonamides is 1. The number of nitrogens with one attached hydrogen (secondary N) is 2. The Hall–Kier alpha value is -1.39. The van der Waals surface area contributed by atoms with Crippen LogP contribution in [0.4, 0.5) is 0 Å². The van der Waals surface area contributed by atoms with Crippen molar-refractivity contribution in [3.63, 3.8) is 0 Å². The normalized spacial score (nSPS) is 25.4. The van der Waals surface area contributed by atoms with E-state index >= 15 is 0 Å². The molecule has 16 heavy (non-hydrogen) atoms. The Labute approximate surface area is 93.7 Å². The van der Waals surface area contributed by atoms with E-state index in [1.165, 1.54) is 12.3 Å². The third kappa shape index (κ3) is 2.08. The first-order valence-electron chi connectivity index (χ1n) is 5.05. The average Bonchev–Trinajstić information content (AvgIpc) is 2.86. The van der Waals surface area contributed by atoms with Gasteiger partial charge in [-0.15, -0.1) is 0 Å². The van der Waals surface area contributed by atoms with E-state index in [2.05, 4.69) is 21.0 Å². The minimum atomic E-state index is -3.56. The first-order chi connectivity index (χ1) is 7.63. The van der Waals surface area contributed by atoms with E-state index in [4.69, 9.17) is 5.26 Å². The number of nitrogens with zero attached hydrogens (tertiary/aromatic N) is 2. The monoisotopic (exact) mass is 240 g/mol. The quantitative estimate of drug-likeness (QED) is 0.797. The molecule has 0 saturated heterocycles. The van der Waals surface area contributed by atoms with Crippen molar-refractivity contribution in [3.8, 4) is 6.07 Å². The highest BCUT2D eigenvalue weighted by Crippen LogP contribution is 2.26. The van der Waals surface area contributed by atoms with Crippen molar-refractivity contribution < 1.29 is 8.42 Å². The smallest absolute Gasteiger partial charge is 0.257 e. The highest BCUT2D eigenvalue weighted by molar-refractivity contribution is 7.89. The fourth-order valence-corrected chi connectivity index (χ4v) is 3.13. The zero-order chi connectivity index (χ0) is 11.6. The van der Waals surface area contributed by atoms with Crippen LogP contribution in [0.15, 0.2) is 17.3 Å². The van der Waals surface area contributed by atoms with Crippen molar-refractivity contribution in [2.24, 2.45) is 5.92 Å². The number of H-pyrrole nitrogens is 1. The van der Waals surface area contributed by atoms with Gasteiger partial charge >= 0.3 is 0 Å². The van der Waals surface area contributed by atoms with E-state index in [0.717, 1.165) is 12.8 Å². The molecule has 0 bridgehead atoms. The number of aromatic nitrogens is 2. The molecule has 1 fully saturated rings. The standard InChI is InChI=1S/C9H12N4O2S/c10-6-7-2-1-3-8(7)13-16(14,15)9-4-5-11-12-9/h4-5,7-8,13H,1-3H2,(H,11,12). The molecule has 2 unspecified atom stereocenters. The van der Waals surface area contributed by atoms with Crippen LogP contribution in [0.1, 0.15) is 19.3 Å². The van der Waals surface area contributed by atoms with Crippen molar-refractivity contribution in [3.05, 3.63) is 12.3 Å². The molecule has 0 aliphatic heterocycles. The number of aromatic amines is 1. The van der Waals surface area contributed by atoms with Crippen molar-refractivity contribution in [2.45, 2.75) is 30.3 Å². The maximum absolute atomic E-state index is 11.8. The summed E-state index contributed by atoms with van der Waals surface area (Å²) in [5.74, 6) is -0.224. The Morgan fingerprint density at radius 3 is 3.00 bits per heavy atom. The first kappa shape index (κ1) is 11.1. The van der Waals surface area contributed by atoms with Crippen LogP contribution in [0.25, 0.3) is 0 Å². The molecule has 86 valence electrons. The largest absolute Gasteiger partial charge is 0.266 e. The fourth-order valence-electron chi connectivity index (χ4n) is 1.91.